The fraction of sp³-hybridized carbons (Fsp3) is 0.300. The maximum absolute atomic E-state index is 13.4. The maximum atomic E-state index is 13.4. The molecule has 0 aliphatic carbocycles. The molecule has 1 amide bonds. The van der Waals surface area contributed by atoms with Gasteiger partial charge in [-0.2, -0.15) is 0 Å². The highest BCUT2D eigenvalue weighted by Crippen LogP contribution is 2.15. The van der Waals surface area contributed by atoms with Crippen molar-refractivity contribution < 1.29 is 14.3 Å². The number of hydrogen-bond donors (Lipinski definition) is 3. The lowest BCUT2D eigenvalue weighted by Crippen LogP contribution is -2.37. The van der Waals surface area contributed by atoms with Crippen molar-refractivity contribution in [3.05, 3.63) is 65.0 Å². The van der Waals surface area contributed by atoms with Crippen molar-refractivity contribution in [3.63, 3.8) is 0 Å². The minimum absolute atomic E-state index is 0. The lowest BCUT2D eigenvalue weighted by Gasteiger charge is -2.13. The maximum Gasteiger partial charge on any atom is 0.253 e. The van der Waals surface area contributed by atoms with E-state index in [-0.39, 0.29) is 35.6 Å². The first-order valence-electron chi connectivity index (χ1n) is 8.63. The van der Waals surface area contributed by atoms with Crippen molar-refractivity contribution in [1.29, 1.82) is 0 Å². The molecule has 2 rings (SSSR count). The van der Waals surface area contributed by atoms with E-state index in [0.717, 1.165) is 12.0 Å². The molecule has 152 valence electrons. The summed E-state index contributed by atoms with van der Waals surface area (Å²) in [6.45, 7) is 1.01. The number of aliphatic imine (C=N–C) groups is 1. The Bertz CT molecular complexity index is 828. The summed E-state index contributed by atoms with van der Waals surface area (Å²) < 4.78 is 13.4. The molecule has 2 aromatic carbocycles. The zero-order chi connectivity index (χ0) is 19.8. The van der Waals surface area contributed by atoms with E-state index in [9.17, 15) is 14.3 Å². The van der Waals surface area contributed by atoms with Gasteiger partial charge in [0.2, 0.25) is 0 Å². The first kappa shape index (κ1) is 23.7. The molecule has 6 nitrogen and oxygen atoms in total. The van der Waals surface area contributed by atoms with Gasteiger partial charge >= 0.3 is 0 Å². The minimum Gasteiger partial charge on any atom is -0.505 e. The molecule has 0 radical (unpaired) electrons. The van der Waals surface area contributed by atoms with Crippen LogP contribution in [0.2, 0.25) is 0 Å². The van der Waals surface area contributed by atoms with Gasteiger partial charge in [0.15, 0.2) is 17.5 Å². The monoisotopic (exact) mass is 500 g/mol. The third-order valence-corrected chi connectivity index (χ3v) is 3.98. The Hall–Kier alpha value is -2.36. The third kappa shape index (κ3) is 6.99. The summed E-state index contributed by atoms with van der Waals surface area (Å²) in [5.74, 6) is -0.451. The van der Waals surface area contributed by atoms with E-state index in [4.69, 9.17) is 0 Å². The van der Waals surface area contributed by atoms with Crippen molar-refractivity contribution in [2.45, 2.75) is 13.0 Å². The van der Waals surface area contributed by atoms with Crippen LogP contribution in [0, 0.1) is 5.82 Å². The third-order valence-electron chi connectivity index (χ3n) is 3.98. The summed E-state index contributed by atoms with van der Waals surface area (Å²) in [5.41, 5.74) is 2.41. The Morgan fingerprint density at radius 1 is 1.14 bits per heavy atom. The number of carbonyl (C=O) groups is 1. The van der Waals surface area contributed by atoms with E-state index < -0.39 is 5.82 Å². The molecule has 2 aromatic rings. The molecule has 28 heavy (non-hydrogen) atoms. The van der Waals surface area contributed by atoms with E-state index in [1.54, 1.807) is 38.2 Å². The smallest absolute Gasteiger partial charge is 0.253 e. The molecule has 0 atom stereocenters. The molecule has 0 fully saturated rings. The SMILES string of the molecule is CN=C(NCCc1cccc(C(=O)N(C)C)c1)NCc1ccc(O)c(F)c1.I. The number of benzene rings is 2. The molecule has 0 aliphatic rings. The first-order valence-corrected chi connectivity index (χ1v) is 8.63. The van der Waals surface area contributed by atoms with Crippen molar-refractivity contribution in [3.8, 4) is 5.75 Å². The number of carbonyl (C=O) groups excluding carboxylic acids is 1. The number of rotatable bonds is 6. The molecule has 0 saturated carbocycles. The second-order valence-corrected chi connectivity index (χ2v) is 6.29. The van der Waals surface area contributed by atoms with Gasteiger partial charge in [0.25, 0.3) is 5.91 Å². The highest BCUT2D eigenvalue weighted by molar-refractivity contribution is 14.0. The Balaban J connectivity index is 0.00000392. The molecule has 0 aromatic heterocycles. The molecule has 8 heteroatoms. The van der Waals surface area contributed by atoms with E-state index in [1.807, 2.05) is 18.2 Å². The second-order valence-electron chi connectivity index (χ2n) is 6.29. The normalized spacial score (nSPS) is 10.8. The van der Waals surface area contributed by atoms with Crippen LogP contribution in [0.3, 0.4) is 0 Å². The van der Waals surface area contributed by atoms with Crippen LogP contribution in [0.25, 0.3) is 0 Å². The second kappa shape index (κ2) is 11.5. The average molecular weight is 500 g/mol. The Morgan fingerprint density at radius 2 is 1.89 bits per heavy atom. The van der Waals surface area contributed by atoms with Crippen LogP contribution in [-0.2, 0) is 13.0 Å². The lowest BCUT2D eigenvalue weighted by molar-refractivity contribution is 0.0827. The molecular weight excluding hydrogens is 474 g/mol. The highest BCUT2D eigenvalue weighted by atomic mass is 127. The number of nitrogens with one attached hydrogen (secondary N) is 2. The molecule has 0 bridgehead atoms. The van der Waals surface area contributed by atoms with Crippen molar-refractivity contribution in [1.82, 2.24) is 15.5 Å². The average Bonchev–Trinajstić information content (AvgIpc) is 2.66. The van der Waals surface area contributed by atoms with E-state index in [0.29, 0.717) is 30.2 Å². The number of halogens is 2. The number of amides is 1. The molecule has 3 N–H and O–H groups in total. The molecule has 0 aliphatic heterocycles. The Morgan fingerprint density at radius 3 is 2.54 bits per heavy atom. The van der Waals surface area contributed by atoms with Gasteiger partial charge in [0, 0.05) is 39.8 Å². The number of guanidine groups is 1. The Kier molecular flexibility index (Phi) is 9.70. The van der Waals surface area contributed by atoms with E-state index in [2.05, 4.69) is 15.6 Å². The number of phenolic OH excluding ortho intramolecular Hbond substituents is 1. The molecule has 0 spiro atoms. The van der Waals surface area contributed by atoms with E-state index in [1.165, 1.54) is 12.1 Å². The van der Waals surface area contributed by atoms with Crippen molar-refractivity contribution >= 4 is 35.8 Å². The van der Waals surface area contributed by atoms with Crippen LogP contribution in [0.1, 0.15) is 21.5 Å². The van der Waals surface area contributed by atoms with Gasteiger partial charge in [0.05, 0.1) is 0 Å². The predicted molar refractivity (Wildman–Crippen MR) is 120 cm³/mol. The standard InChI is InChI=1S/C20H25FN4O2.HI/c1-22-20(24-13-15-7-8-18(26)17(21)12-15)23-10-9-14-5-4-6-16(11-14)19(27)25(2)3;/h4-8,11-12,26H,9-10,13H2,1-3H3,(H2,22,23,24);1H. The quantitative estimate of drug-likeness (QED) is 0.324. The van der Waals surface area contributed by atoms with Gasteiger partial charge in [-0.1, -0.05) is 18.2 Å². The van der Waals surface area contributed by atoms with Crippen LogP contribution < -0.4 is 10.6 Å². The highest BCUT2D eigenvalue weighted by Gasteiger charge is 2.08. The fourth-order valence-electron chi connectivity index (χ4n) is 2.51. The van der Waals surface area contributed by atoms with E-state index >= 15 is 0 Å². The van der Waals surface area contributed by atoms with Crippen LogP contribution >= 0.6 is 24.0 Å². The van der Waals surface area contributed by atoms with Crippen LogP contribution in [0.5, 0.6) is 5.75 Å². The van der Waals surface area contributed by atoms with Crippen LogP contribution in [0.15, 0.2) is 47.5 Å². The zero-order valence-corrected chi connectivity index (χ0v) is 18.5. The van der Waals surface area contributed by atoms with Crippen LogP contribution in [0.4, 0.5) is 4.39 Å². The predicted octanol–water partition coefficient (Wildman–Crippen LogP) is 2.76. The Labute approximate surface area is 181 Å². The zero-order valence-electron chi connectivity index (χ0n) is 16.2. The lowest BCUT2D eigenvalue weighted by atomic mass is 10.1. The number of aromatic hydroxyl groups is 1. The van der Waals surface area contributed by atoms with Gasteiger partial charge in [-0.05, 0) is 41.8 Å². The first-order chi connectivity index (χ1) is 12.9. The van der Waals surface area contributed by atoms with Gasteiger partial charge < -0.3 is 20.6 Å². The number of hydrogen-bond acceptors (Lipinski definition) is 3. The summed E-state index contributed by atoms with van der Waals surface area (Å²) >= 11 is 0. The summed E-state index contributed by atoms with van der Waals surface area (Å²) in [6, 6.07) is 11.8. The summed E-state index contributed by atoms with van der Waals surface area (Å²) in [6.07, 6.45) is 0.725. The van der Waals surface area contributed by atoms with Crippen molar-refractivity contribution in [2.24, 2.45) is 4.99 Å². The summed E-state index contributed by atoms with van der Waals surface area (Å²) in [4.78, 5) is 17.7. The minimum atomic E-state index is -0.649. The fourth-order valence-corrected chi connectivity index (χ4v) is 2.51. The molecule has 0 heterocycles. The molecule has 0 saturated heterocycles. The largest absolute Gasteiger partial charge is 0.505 e. The van der Waals surface area contributed by atoms with Gasteiger partial charge in [-0.3, -0.25) is 9.79 Å². The topological polar surface area (TPSA) is 77.0 Å². The van der Waals surface area contributed by atoms with Gasteiger partial charge in [-0.25, -0.2) is 4.39 Å². The van der Waals surface area contributed by atoms with Gasteiger partial charge in [0.1, 0.15) is 0 Å². The van der Waals surface area contributed by atoms with Gasteiger partial charge in [-0.15, -0.1) is 24.0 Å². The summed E-state index contributed by atoms with van der Waals surface area (Å²) in [5, 5.41) is 15.5. The van der Waals surface area contributed by atoms with Crippen molar-refractivity contribution in [2.75, 3.05) is 27.7 Å². The molecule has 0 unspecified atom stereocenters. The summed E-state index contributed by atoms with van der Waals surface area (Å²) in [7, 11) is 5.11. The number of nitrogens with zero attached hydrogens (tertiary/aromatic N) is 2. The number of phenols is 1. The van der Waals surface area contributed by atoms with Crippen LogP contribution in [-0.4, -0.2) is 49.6 Å². The molecular formula is C20H26FIN4O2.